The van der Waals surface area contributed by atoms with E-state index in [9.17, 15) is 4.79 Å². The van der Waals surface area contributed by atoms with Gasteiger partial charge in [-0.3, -0.25) is 4.79 Å². The molecule has 146 valence electrons. The van der Waals surface area contributed by atoms with Crippen LogP contribution in [0.25, 0.3) is 10.8 Å². The van der Waals surface area contributed by atoms with Crippen molar-refractivity contribution in [2.45, 2.75) is 32.6 Å². The maximum absolute atomic E-state index is 12.3. The number of amides is 1. The number of nitrogens with one attached hydrogen (secondary N) is 1. The molecular formula is C24H27NO3. The van der Waals surface area contributed by atoms with E-state index in [0.717, 1.165) is 28.6 Å². The standard InChI is InChI=1S/C24H27NO3/c1-2-3-4-7-16-27-20-12-9-13-21(17-20)28-18-24(26)25-23-15-8-11-19-10-5-6-14-22(19)23/h5-6,8-15,17H,2-4,7,16,18H2,1H3,(H,25,26). The Hall–Kier alpha value is -3.01. The highest BCUT2D eigenvalue weighted by Crippen LogP contribution is 2.23. The zero-order valence-corrected chi connectivity index (χ0v) is 16.3. The third-order valence-corrected chi connectivity index (χ3v) is 4.51. The van der Waals surface area contributed by atoms with Crippen LogP contribution >= 0.6 is 0 Å². The minimum absolute atomic E-state index is 0.0524. The number of ether oxygens (including phenoxy) is 2. The molecule has 0 saturated carbocycles. The summed E-state index contributed by atoms with van der Waals surface area (Å²) >= 11 is 0. The topological polar surface area (TPSA) is 47.6 Å². The van der Waals surface area contributed by atoms with Crippen molar-refractivity contribution in [1.29, 1.82) is 0 Å². The van der Waals surface area contributed by atoms with Crippen LogP contribution in [0.15, 0.2) is 66.7 Å². The molecule has 4 heteroatoms. The molecule has 0 spiro atoms. The summed E-state index contributed by atoms with van der Waals surface area (Å²) in [5, 5.41) is 5.03. The summed E-state index contributed by atoms with van der Waals surface area (Å²) in [6.45, 7) is 2.84. The summed E-state index contributed by atoms with van der Waals surface area (Å²) in [6, 6.07) is 21.2. The SMILES string of the molecule is CCCCCCOc1cccc(OCC(=O)Nc2cccc3ccccc23)c1. The average molecular weight is 377 g/mol. The number of benzene rings is 3. The van der Waals surface area contributed by atoms with Crippen molar-refractivity contribution >= 4 is 22.4 Å². The van der Waals surface area contributed by atoms with Gasteiger partial charge in [0, 0.05) is 17.1 Å². The van der Waals surface area contributed by atoms with E-state index in [4.69, 9.17) is 9.47 Å². The highest BCUT2D eigenvalue weighted by Gasteiger charge is 2.07. The number of anilines is 1. The van der Waals surface area contributed by atoms with E-state index in [-0.39, 0.29) is 12.5 Å². The molecule has 0 radical (unpaired) electrons. The molecule has 0 aliphatic rings. The van der Waals surface area contributed by atoms with E-state index in [1.54, 1.807) is 0 Å². The normalized spacial score (nSPS) is 10.6. The van der Waals surface area contributed by atoms with Gasteiger partial charge < -0.3 is 14.8 Å². The highest BCUT2D eigenvalue weighted by molar-refractivity contribution is 6.02. The molecule has 3 aromatic rings. The van der Waals surface area contributed by atoms with Crippen molar-refractivity contribution in [2.75, 3.05) is 18.5 Å². The second-order valence-corrected chi connectivity index (χ2v) is 6.75. The third-order valence-electron chi connectivity index (χ3n) is 4.51. The summed E-state index contributed by atoms with van der Waals surface area (Å²) in [4.78, 5) is 12.3. The summed E-state index contributed by atoms with van der Waals surface area (Å²) in [5.74, 6) is 1.20. The van der Waals surface area contributed by atoms with Crippen molar-refractivity contribution in [3.8, 4) is 11.5 Å². The zero-order valence-electron chi connectivity index (χ0n) is 16.3. The van der Waals surface area contributed by atoms with Crippen LogP contribution in [0.1, 0.15) is 32.6 Å². The molecule has 0 saturated heterocycles. The number of carbonyl (C=O) groups is 1. The first-order valence-electron chi connectivity index (χ1n) is 9.89. The Kier molecular flexibility index (Phi) is 7.30. The molecule has 1 N–H and O–H groups in total. The number of hydrogen-bond acceptors (Lipinski definition) is 3. The van der Waals surface area contributed by atoms with Crippen LogP contribution in [0.5, 0.6) is 11.5 Å². The zero-order chi connectivity index (χ0) is 19.6. The van der Waals surface area contributed by atoms with Gasteiger partial charge in [0.25, 0.3) is 5.91 Å². The van der Waals surface area contributed by atoms with Crippen LogP contribution in [-0.4, -0.2) is 19.1 Å². The van der Waals surface area contributed by atoms with Crippen LogP contribution < -0.4 is 14.8 Å². The monoisotopic (exact) mass is 377 g/mol. The van der Waals surface area contributed by atoms with Gasteiger partial charge in [-0.25, -0.2) is 0 Å². The van der Waals surface area contributed by atoms with Crippen molar-refractivity contribution in [1.82, 2.24) is 0 Å². The number of rotatable bonds is 10. The first kappa shape index (κ1) is 19.7. The molecule has 28 heavy (non-hydrogen) atoms. The van der Waals surface area contributed by atoms with Gasteiger partial charge in [-0.15, -0.1) is 0 Å². The predicted molar refractivity (Wildman–Crippen MR) is 114 cm³/mol. The molecule has 3 aromatic carbocycles. The second-order valence-electron chi connectivity index (χ2n) is 6.75. The van der Waals surface area contributed by atoms with Gasteiger partial charge in [0.2, 0.25) is 0 Å². The Bertz CT molecular complexity index is 902. The Morgan fingerprint density at radius 2 is 1.61 bits per heavy atom. The fourth-order valence-electron chi connectivity index (χ4n) is 3.04. The quantitative estimate of drug-likeness (QED) is 0.453. The van der Waals surface area contributed by atoms with Gasteiger partial charge in [-0.1, -0.05) is 68.7 Å². The number of unbranched alkanes of at least 4 members (excludes halogenated alkanes) is 3. The van der Waals surface area contributed by atoms with E-state index >= 15 is 0 Å². The fourth-order valence-corrected chi connectivity index (χ4v) is 3.04. The lowest BCUT2D eigenvalue weighted by molar-refractivity contribution is -0.118. The second kappa shape index (κ2) is 10.4. The Morgan fingerprint density at radius 3 is 2.46 bits per heavy atom. The van der Waals surface area contributed by atoms with Crippen LogP contribution in [0.2, 0.25) is 0 Å². The molecule has 0 fully saturated rings. The van der Waals surface area contributed by atoms with Gasteiger partial charge in [-0.05, 0) is 30.0 Å². The average Bonchev–Trinajstić information content (AvgIpc) is 2.73. The van der Waals surface area contributed by atoms with Crippen LogP contribution in [0, 0.1) is 0 Å². The van der Waals surface area contributed by atoms with Crippen LogP contribution in [0.3, 0.4) is 0 Å². The largest absolute Gasteiger partial charge is 0.493 e. The molecule has 0 unspecified atom stereocenters. The molecule has 0 heterocycles. The maximum atomic E-state index is 12.3. The predicted octanol–water partition coefficient (Wildman–Crippen LogP) is 5.82. The molecular weight excluding hydrogens is 350 g/mol. The molecule has 0 atom stereocenters. The van der Waals surface area contributed by atoms with Gasteiger partial charge in [0.05, 0.1) is 6.61 Å². The van der Waals surface area contributed by atoms with E-state index in [0.29, 0.717) is 12.4 Å². The third kappa shape index (κ3) is 5.74. The first-order chi connectivity index (χ1) is 13.8. The summed E-state index contributed by atoms with van der Waals surface area (Å²) in [5.41, 5.74) is 0.788. The lowest BCUT2D eigenvalue weighted by Gasteiger charge is -2.11. The Labute approximate surface area is 166 Å². The van der Waals surface area contributed by atoms with Crippen molar-refractivity contribution in [3.63, 3.8) is 0 Å². The van der Waals surface area contributed by atoms with Crippen molar-refractivity contribution in [3.05, 3.63) is 66.7 Å². The smallest absolute Gasteiger partial charge is 0.262 e. The number of fused-ring (bicyclic) bond motifs is 1. The minimum Gasteiger partial charge on any atom is -0.493 e. The first-order valence-corrected chi connectivity index (χ1v) is 9.89. The fraction of sp³-hybridized carbons (Fsp3) is 0.292. The van der Waals surface area contributed by atoms with Gasteiger partial charge >= 0.3 is 0 Å². The van der Waals surface area contributed by atoms with E-state index in [1.165, 1.54) is 19.3 Å². The lowest BCUT2D eigenvalue weighted by Crippen LogP contribution is -2.20. The summed E-state index contributed by atoms with van der Waals surface area (Å²) in [6.07, 6.45) is 4.68. The van der Waals surface area contributed by atoms with E-state index in [1.807, 2.05) is 66.7 Å². The molecule has 0 bridgehead atoms. The molecule has 1 amide bonds. The summed E-state index contributed by atoms with van der Waals surface area (Å²) < 4.78 is 11.4. The number of carbonyl (C=O) groups excluding carboxylic acids is 1. The summed E-state index contributed by atoms with van der Waals surface area (Å²) in [7, 11) is 0. The van der Waals surface area contributed by atoms with E-state index in [2.05, 4.69) is 12.2 Å². The molecule has 4 nitrogen and oxygen atoms in total. The molecule has 3 rings (SSSR count). The van der Waals surface area contributed by atoms with Gasteiger partial charge in [0.15, 0.2) is 6.61 Å². The van der Waals surface area contributed by atoms with E-state index < -0.39 is 0 Å². The minimum atomic E-state index is -0.192. The Balaban J connectivity index is 1.51. The molecule has 0 aliphatic carbocycles. The Morgan fingerprint density at radius 1 is 0.857 bits per heavy atom. The maximum Gasteiger partial charge on any atom is 0.262 e. The van der Waals surface area contributed by atoms with Crippen molar-refractivity contribution in [2.24, 2.45) is 0 Å². The lowest BCUT2D eigenvalue weighted by atomic mass is 10.1. The highest BCUT2D eigenvalue weighted by atomic mass is 16.5. The van der Waals surface area contributed by atoms with Gasteiger partial charge in [-0.2, -0.15) is 0 Å². The number of hydrogen-bond donors (Lipinski definition) is 1. The van der Waals surface area contributed by atoms with Gasteiger partial charge in [0.1, 0.15) is 11.5 Å². The van der Waals surface area contributed by atoms with Crippen LogP contribution in [-0.2, 0) is 4.79 Å². The molecule has 0 aliphatic heterocycles. The molecule has 0 aromatic heterocycles. The van der Waals surface area contributed by atoms with Crippen LogP contribution in [0.4, 0.5) is 5.69 Å². The van der Waals surface area contributed by atoms with Crippen molar-refractivity contribution < 1.29 is 14.3 Å².